The van der Waals surface area contributed by atoms with Crippen molar-refractivity contribution < 1.29 is 13.2 Å². The van der Waals surface area contributed by atoms with E-state index in [1.807, 2.05) is 13.0 Å². The molecule has 2 aromatic rings. The number of alkyl halides is 2. The lowest BCUT2D eigenvalue weighted by atomic mass is 9.84. The van der Waals surface area contributed by atoms with E-state index in [2.05, 4.69) is 15.1 Å². The summed E-state index contributed by atoms with van der Waals surface area (Å²) in [5.74, 6) is -2.36. The molecule has 0 aromatic carbocycles. The van der Waals surface area contributed by atoms with Gasteiger partial charge in [0.25, 0.3) is 5.95 Å². The summed E-state index contributed by atoms with van der Waals surface area (Å²) < 4.78 is 41.8. The van der Waals surface area contributed by atoms with Crippen LogP contribution in [0.5, 0.6) is 0 Å². The van der Waals surface area contributed by atoms with Crippen LogP contribution in [-0.4, -0.2) is 25.7 Å². The highest BCUT2D eigenvalue weighted by molar-refractivity contribution is 5.24. The summed E-state index contributed by atoms with van der Waals surface area (Å²) in [6.07, 6.45) is 1.52. The number of nitrogens with zero attached hydrogens (tertiary/aromatic N) is 4. The van der Waals surface area contributed by atoms with Gasteiger partial charge in [-0.3, -0.25) is 0 Å². The summed E-state index contributed by atoms with van der Waals surface area (Å²) in [7, 11) is 0. The molecule has 4 nitrogen and oxygen atoms in total. The molecule has 1 saturated carbocycles. The van der Waals surface area contributed by atoms with Crippen LogP contribution < -0.4 is 0 Å². The van der Waals surface area contributed by atoms with Gasteiger partial charge in [-0.05, 0) is 52.0 Å². The van der Waals surface area contributed by atoms with Crippen LogP contribution in [0.3, 0.4) is 0 Å². The van der Waals surface area contributed by atoms with Crippen molar-refractivity contribution in [1.82, 2.24) is 19.7 Å². The lowest BCUT2D eigenvalue weighted by Gasteiger charge is -2.28. The van der Waals surface area contributed by atoms with Crippen LogP contribution in [0.15, 0.2) is 6.07 Å². The van der Waals surface area contributed by atoms with Gasteiger partial charge < -0.3 is 0 Å². The van der Waals surface area contributed by atoms with E-state index in [4.69, 9.17) is 0 Å². The SMILES string of the molecule is Cc1cc(CC2CCC(F)(F)CC2)nc(-n2nc(C)c(F)c2C)n1. The van der Waals surface area contributed by atoms with Gasteiger partial charge in [0, 0.05) is 24.2 Å². The first-order chi connectivity index (χ1) is 11.2. The number of rotatable bonds is 3. The van der Waals surface area contributed by atoms with E-state index in [-0.39, 0.29) is 24.6 Å². The molecule has 2 aromatic heterocycles. The van der Waals surface area contributed by atoms with Gasteiger partial charge in [-0.1, -0.05) is 0 Å². The fourth-order valence-corrected chi connectivity index (χ4v) is 3.23. The van der Waals surface area contributed by atoms with Crippen molar-refractivity contribution in [1.29, 1.82) is 0 Å². The molecule has 0 aliphatic heterocycles. The predicted molar refractivity (Wildman–Crippen MR) is 83.9 cm³/mol. The minimum atomic E-state index is -2.52. The Kier molecular flexibility index (Phi) is 4.36. The second-order valence-electron chi connectivity index (χ2n) is 6.70. The minimum absolute atomic E-state index is 0.0583. The average Bonchev–Trinajstić information content (AvgIpc) is 2.77. The molecule has 0 amide bonds. The van der Waals surface area contributed by atoms with Crippen LogP contribution in [0.4, 0.5) is 13.2 Å². The van der Waals surface area contributed by atoms with Crippen molar-refractivity contribution in [3.05, 3.63) is 34.7 Å². The third kappa shape index (κ3) is 3.44. The Bertz CT molecular complexity index is 745. The summed E-state index contributed by atoms with van der Waals surface area (Å²) in [6, 6.07) is 1.86. The second-order valence-corrected chi connectivity index (χ2v) is 6.70. The number of hydrogen-bond donors (Lipinski definition) is 0. The molecule has 130 valence electrons. The predicted octanol–water partition coefficient (Wildman–Crippen LogP) is 4.09. The molecule has 1 aliphatic rings. The number of aromatic nitrogens is 4. The Morgan fingerprint density at radius 3 is 2.42 bits per heavy atom. The highest BCUT2D eigenvalue weighted by Gasteiger charge is 2.35. The molecule has 1 aliphatic carbocycles. The molecular weight excluding hydrogens is 317 g/mol. The van der Waals surface area contributed by atoms with Crippen molar-refractivity contribution >= 4 is 0 Å². The monoisotopic (exact) mass is 338 g/mol. The first kappa shape index (κ1) is 16.9. The number of halogens is 3. The largest absolute Gasteiger partial charge is 0.251 e. The van der Waals surface area contributed by atoms with Crippen LogP contribution >= 0.6 is 0 Å². The van der Waals surface area contributed by atoms with Gasteiger partial charge in [0.05, 0.1) is 11.4 Å². The van der Waals surface area contributed by atoms with Crippen LogP contribution in [0, 0.1) is 32.5 Å². The molecule has 0 N–H and O–H groups in total. The first-order valence-electron chi connectivity index (χ1n) is 8.19. The van der Waals surface area contributed by atoms with Crippen molar-refractivity contribution in [2.24, 2.45) is 5.92 Å². The Balaban J connectivity index is 1.83. The average molecular weight is 338 g/mol. The molecule has 24 heavy (non-hydrogen) atoms. The molecule has 0 unspecified atom stereocenters. The molecule has 1 fully saturated rings. The highest BCUT2D eigenvalue weighted by atomic mass is 19.3. The summed E-state index contributed by atoms with van der Waals surface area (Å²) in [5, 5.41) is 4.15. The maximum Gasteiger partial charge on any atom is 0.251 e. The maximum absolute atomic E-state index is 13.9. The summed E-state index contributed by atoms with van der Waals surface area (Å²) >= 11 is 0. The molecule has 0 radical (unpaired) electrons. The lowest BCUT2D eigenvalue weighted by molar-refractivity contribution is -0.0457. The van der Waals surface area contributed by atoms with Gasteiger partial charge in [-0.2, -0.15) is 9.78 Å². The van der Waals surface area contributed by atoms with Crippen molar-refractivity contribution in [2.45, 2.75) is 58.8 Å². The highest BCUT2D eigenvalue weighted by Crippen LogP contribution is 2.37. The third-order valence-electron chi connectivity index (χ3n) is 4.62. The molecule has 0 atom stereocenters. The zero-order chi connectivity index (χ0) is 17.5. The Morgan fingerprint density at radius 2 is 1.83 bits per heavy atom. The smallest absolute Gasteiger partial charge is 0.216 e. The van der Waals surface area contributed by atoms with E-state index < -0.39 is 5.92 Å². The van der Waals surface area contributed by atoms with Crippen molar-refractivity contribution in [3.63, 3.8) is 0 Å². The molecule has 7 heteroatoms. The van der Waals surface area contributed by atoms with Gasteiger partial charge in [0.2, 0.25) is 5.92 Å². The molecule has 0 saturated heterocycles. The van der Waals surface area contributed by atoms with E-state index in [1.165, 1.54) is 4.68 Å². The van der Waals surface area contributed by atoms with Crippen molar-refractivity contribution in [2.75, 3.05) is 0 Å². The van der Waals surface area contributed by atoms with E-state index in [1.54, 1.807) is 13.8 Å². The quantitative estimate of drug-likeness (QED) is 0.846. The number of hydrogen-bond acceptors (Lipinski definition) is 3. The van der Waals surface area contributed by atoms with E-state index in [9.17, 15) is 13.2 Å². The van der Waals surface area contributed by atoms with Crippen LogP contribution in [0.1, 0.15) is 48.5 Å². The molecule has 3 rings (SSSR count). The fraction of sp³-hybridized carbons (Fsp3) is 0.588. The normalized spacial score (nSPS) is 18.1. The third-order valence-corrected chi connectivity index (χ3v) is 4.62. The topological polar surface area (TPSA) is 43.6 Å². The zero-order valence-corrected chi connectivity index (χ0v) is 14.1. The fourth-order valence-electron chi connectivity index (χ4n) is 3.23. The summed E-state index contributed by atoms with van der Waals surface area (Å²) in [5.41, 5.74) is 2.21. The van der Waals surface area contributed by atoms with E-state index in [0.717, 1.165) is 11.4 Å². The van der Waals surface area contributed by atoms with Gasteiger partial charge >= 0.3 is 0 Å². The van der Waals surface area contributed by atoms with Gasteiger partial charge in [0.15, 0.2) is 5.82 Å². The number of aryl methyl sites for hydroxylation is 2. The Morgan fingerprint density at radius 1 is 1.17 bits per heavy atom. The Labute approximate surface area is 139 Å². The minimum Gasteiger partial charge on any atom is -0.216 e. The lowest BCUT2D eigenvalue weighted by Crippen LogP contribution is -2.25. The first-order valence-corrected chi connectivity index (χ1v) is 8.19. The molecule has 0 bridgehead atoms. The molecule has 2 heterocycles. The van der Waals surface area contributed by atoms with Gasteiger partial charge in [-0.25, -0.2) is 23.1 Å². The van der Waals surface area contributed by atoms with E-state index >= 15 is 0 Å². The van der Waals surface area contributed by atoms with Crippen molar-refractivity contribution in [3.8, 4) is 5.95 Å². The molecule has 0 spiro atoms. The van der Waals surface area contributed by atoms with Gasteiger partial charge in [-0.15, -0.1) is 0 Å². The molecular formula is C17H21F3N4. The standard InChI is InChI=1S/C17H21F3N4/c1-10-8-14(9-13-4-6-17(19,20)7-5-13)22-16(21-10)24-12(3)15(18)11(2)23-24/h8,13H,4-7,9H2,1-3H3. The van der Waals surface area contributed by atoms with Crippen LogP contribution in [-0.2, 0) is 6.42 Å². The van der Waals surface area contributed by atoms with E-state index in [0.29, 0.717) is 36.6 Å². The van der Waals surface area contributed by atoms with Gasteiger partial charge in [0.1, 0.15) is 0 Å². The Hall–Kier alpha value is -1.92. The zero-order valence-electron chi connectivity index (χ0n) is 14.1. The van der Waals surface area contributed by atoms with Crippen LogP contribution in [0.2, 0.25) is 0 Å². The summed E-state index contributed by atoms with van der Waals surface area (Å²) in [4.78, 5) is 8.82. The second kappa shape index (κ2) is 6.18. The van der Waals surface area contributed by atoms with Crippen LogP contribution in [0.25, 0.3) is 5.95 Å². The summed E-state index contributed by atoms with van der Waals surface area (Å²) in [6.45, 7) is 5.06. The maximum atomic E-state index is 13.9.